The van der Waals surface area contributed by atoms with Crippen molar-refractivity contribution in [2.75, 3.05) is 20.3 Å². The van der Waals surface area contributed by atoms with Crippen LogP contribution in [0.2, 0.25) is 0 Å². The number of thiocarbonyl (C=S) groups is 1. The van der Waals surface area contributed by atoms with Gasteiger partial charge in [-0.3, -0.25) is 4.90 Å². The Morgan fingerprint density at radius 2 is 2.10 bits per heavy atom. The molecule has 0 spiro atoms. The molecule has 0 aliphatic carbocycles. The smallest absolute Gasteiger partial charge is 0.222 e. The van der Waals surface area contributed by atoms with E-state index < -0.39 is 24.5 Å². The van der Waals surface area contributed by atoms with Gasteiger partial charge in [-0.2, -0.15) is 4.99 Å². The van der Waals surface area contributed by atoms with E-state index in [1.807, 2.05) is 11.9 Å². The van der Waals surface area contributed by atoms with Gasteiger partial charge in [0.15, 0.2) is 6.23 Å². The van der Waals surface area contributed by atoms with Gasteiger partial charge in [-0.15, -0.1) is 0 Å². The number of hydrogen-bond acceptors (Lipinski definition) is 9. The third-order valence-electron chi connectivity index (χ3n) is 3.87. The quantitative estimate of drug-likeness (QED) is 0.398. The predicted octanol–water partition coefficient (Wildman–Crippen LogP) is -2.95. The van der Waals surface area contributed by atoms with Crippen LogP contribution in [0, 0.1) is 0 Å². The van der Waals surface area contributed by atoms with Crippen LogP contribution >= 0.6 is 12.2 Å². The van der Waals surface area contributed by atoms with Crippen molar-refractivity contribution >= 4 is 29.0 Å². The SMILES string of the molecule is CN1CN(C2OC(CO)C(O)C2O)C2=NC(N)=NC(=S)C21. The fourth-order valence-corrected chi connectivity index (χ4v) is 3.22. The van der Waals surface area contributed by atoms with Gasteiger partial charge in [0.05, 0.1) is 13.3 Å². The number of guanidine groups is 1. The van der Waals surface area contributed by atoms with Gasteiger partial charge < -0.3 is 30.7 Å². The van der Waals surface area contributed by atoms with Gasteiger partial charge in [-0.25, -0.2) is 4.99 Å². The van der Waals surface area contributed by atoms with Crippen molar-refractivity contribution in [1.82, 2.24) is 9.80 Å². The van der Waals surface area contributed by atoms with Crippen LogP contribution < -0.4 is 5.73 Å². The molecule has 5 N–H and O–H groups in total. The highest BCUT2D eigenvalue weighted by molar-refractivity contribution is 7.80. The molecule has 3 rings (SSSR count). The molecule has 0 bridgehead atoms. The maximum Gasteiger partial charge on any atom is 0.222 e. The van der Waals surface area contributed by atoms with Crippen LogP contribution in [0.15, 0.2) is 9.98 Å². The van der Waals surface area contributed by atoms with Crippen LogP contribution in [0.4, 0.5) is 0 Å². The number of nitrogens with two attached hydrogens (primary N) is 1. The number of nitrogens with zero attached hydrogens (tertiary/aromatic N) is 4. The Bertz CT molecular complexity index is 527. The van der Waals surface area contributed by atoms with Crippen LogP contribution in [0.25, 0.3) is 0 Å². The van der Waals surface area contributed by atoms with Gasteiger partial charge >= 0.3 is 0 Å². The van der Waals surface area contributed by atoms with E-state index in [2.05, 4.69) is 9.98 Å². The zero-order chi connectivity index (χ0) is 15.3. The summed E-state index contributed by atoms with van der Waals surface area (Å²) >= 11 is 5.21. The summed E-state index contributed by atoms with van der Waals surface area (Å²) in [6.45, 7) is 0.00928. The molecule has 2 fully saturated rings. The Hall–Kier alpha value is -1.17. The minimum absolute atomic E-state index is 0.0540. The number of hydrogen-bond donors (Lipinski definition) is 4. The first-order chi connectivity index (χ1) is 9.93. The molecule has 116 valence electrons. The van der Waals surface area contributed by atoms with Crippen molar-refractivity contribution in [1.29, 1.82) is 0 Å². The van der Waals surface area contributed by atoms with Crippen LogP contribution in [-0.2, 0) is 4.74 Å². The van der Waals surface area contributed by atoms with Crippen molar-refractivity contribution in [3.63, 3.8) is 0 Å². The molecule has 0 saturated carbocycles. The number of aliphatic hydroxyl groups excluding tert-OH is 3. The molecule has 5 unspecified atom stereocenters. The summed E-state index contributed by atoms with van der Waals surface area (Å²) in [4.78, 5) is 12.1. The van der Waals surface area contributed by atoms with Crippen molar-refractivity contribution in [3.8, 4) is 0 Å². The number of rotatable bonds is 2. The van der Waals surface area contributed by atoms with E-state index in [9.17, 15) is 10.2 Å². The van der Waals surface area contributed by atoms with Crippen molar-refractivity contribution < 1.29 is 20.1 Å². The predicted molar refractivity (Wildman–Crippen MR) is 77.7 cm³/mol. The minimum Gasteiger partial charge on any atom is -0.394 e. The van der Waals surface area contributed by atoms with Gasteiger partial charge in [-0.1, -0.05) is 12.2 Å². The van der Waals surface area contributed by atoms with Gasteiger partial charge in [0.1, 0.15) is 35.2 Å². The third-order valence-corrected chi connectivity index (χ3v) is 4.18. The number of aliphatic hydroxyl groups is 3. The lowest BCUT2D eigenvalue weighted by Crippen LogP contribution is -2.48. The summed E-state index contributed by atoms with van der Waals surface area (Å²) in [6.07, 6.45) is -3.98. The van der Waals surface area contributed by atoms with Crippen LogP contribution in [0.5, 0.6) is 0 Å². The Morgan fingerprint density at radius 1 is 1.38 bits per heavy atom. The molecule has 21 heavy (non-hydrogen) atoms. The van der Waals surface area contributed by atoms with E-state index in [0.29, 0.717) is 17.5 Å². The fraction of sp³-hybridized carbons (Fsp3) is 0.727. The van der Waals surface area contributed by atoms with E-state index in [1.165, 1.54) is 0 Å². The summed E-state index contributed by atoms with van der Waals surface area (Å²) in [5, 5.41) is 29.2. The molecule has 9 nitrogen and oxygen atoms in total. The summed E-state index contributed by atoms with van der Waals surface area (Å²) in [6, 6.07) is -0.312. The first-order valence-electron chi connectivity index (χ1n) is 6.50. The molecular formula is C11H17N5O4S. The number of fused-ring (bicyclic) bond motifs is 1. The zero-order valence-corrected chi connectivity index (χ0v) is 12.1. The van der Waals surface area contributed by atoms with Crippen LogP contribution in [0.1, 0.15) is 0 Å². The topological polar surface area (TPSA) is 127 Å². The van der Waals surface area contributed by atoms with Crippen LogP contribution in [0.3, 0.4) is 0 Å². The van der Waals surface area contributed by atoms with E-state index in [4.69, 9.17) is 27.8 Å². The van der Waals surface area contributed by atoms with Crippen LogP contribution in [-0.4, -0.2) is 92.8 Å². The fourth-order valence-electron chi connectivity index (χ4n) is 2.84. The molecule has 10 heteroatoms. The largest absolute Gasteiger partial charge is 0.394 e. The van der Waals surface area contributed by atoms with Crippen molar-refractivity contribution in [2.24, 2.45) is 15.7 Å². The highest BCUT2D eigenvalue weighted by Crippen LogP contribution is 2.29. The van der Waals surface area contributed by atoms with Gasteiger partial charge in [0, 0.05) is 0 Å². The Balaban J connectivity index is 1.90. The molecule has 3 aliphatic heterocycles. The van der Waals surface area contributed by atoms with E-state index in [-0.39, 0.29) is 18.6 Å². The van der Waals surface area contributed by atoms with Gasteiger partial charge in [0.25, 0.3) is 0 Å². The average Bonchev–Trinajstić information content (AvgIpc) is 2.89. The summed E-state index contributed by atoms with van der Waals surface area (Å²) in [5.41, 5.74) is 5.64. The monoisotopic (exact) mass is 315 g/mol. The molecule has 5 atom stereocenters. The Labute approximate surface area is 126 Å². The second-order valence-corrected chi connectivity index (χ2v) is 5.70. The number of aliphatic imine (C=N–C) groups is 2. The lowest BCUT2D eigenvalue weighted by atomic mass is 10.1. The van der Waals surface area contributed by atoms with E-state index >= 15 is 0 Å². The first kappa shape index (κ1) is 14.8. The first-order valence-corrected chi connectivity index (χ1v) is 6.90. The molecule has 3 aliphatic rings. The van der Waals surface area contributed by atoms with Gasteiger partial charge in [0.2, 0.25) is 5.96 Å². The van der Waals surface area contributed by atoms with Crippen molar-refractivity contribution in [2.45, 2.75) is 30.6 Å². The Morgan fingerprint density at radius 3 is 2.71 bits per heavy atom. The maximum absolute atomic E-state index is 10.1. The third kappa shape index (κ3) is 2.24. The van der Waals surface area contributed by atoms with Gasteiger partial charge in [-0.05, 0) is 7.05 Å². The van der Waals surface area contributed by atoms with E-state index in [1.54, 1.807) is 4.90 Å². The summed E-state index contributed by atoms with van der Waals surface area (Å²) in [5.74, 6) is 0.586. The molecule has 2 saturated heterocycles. The molecule has 0 aromatic heterocycles. The zero-order valence-electron chi connectivity index (χ0n) is 11.3. The minimum atomic E-state index is -1.16. The summed E-state index contributed by atoms with van der Waals surface area (Å²) in [7, 11) is 1.84. The standard InChI is InChI=1S/C11H17N5O4S/c1-15-3-16(8-5(15)9(21)14-11(12)13-8)10-7(19)6(18)4(2-17)20-10/h4-7,10,17-19H,2-3H2,1H3,(H2,12,14,21). The number of ether oxygens (including phenoxy) is 1. The molecule has 3 heterocycles. The normalized spacial score (nSPS) is 40.3. The highest BCUT2D eigenvalue weighted by Gasteiger charge is 2.51. The lowest BCUT2D eigenvalue weighted by Gasteiger charge is -2.28. The second-order valence-electron chi connectivity index (χ2n) is 5.28. The average molecular weight is 315 g/mol. The molecule has 0 aromatic carbocycles. The highest BCUT2D eigenvalue weighted by atomic mass is 32.1. The molecule has 0 amide bonds. The number of amidine groups is 1. The molecule has 0 radical (unpaired) electrons. The molecule has 0 aromatic rings. The lowest BCUT2D eigenvalue weighted by molar-refractivity contribution is -0.0741. The summed E-state index contributed by atoms with van der Waals surface area (Å²) < 4.78 is 5.53. The Kier molecular flexibility index (Phi) is 3.67. The van der Waals surface area contributed by atoms with E-state index in [0.717, 1.165) is 0 Å². The second kappa shape index (κ2) is 5.23. The molecular weight excluding hydrogens is 298 g/mol. The number of likely N-dealkylation sites (N-methyl/N-ethyl adjacent to an activating group) is 1. The maximum atomic E-state index is 10.1. The van der Waals surface area contributed by atoms with Crippen molar-refractivity contribution in [3.05, 3.63) is 0 Å².